The van der Waals surface area contributed by atoms with Gasteiger partial charge in [0.15, 0.2) is 5.78 Å². The van der Waals surface area contributed by atoms with Gasteiger partial charge in [0, 0.05) is 5.39 Å². The predicted molar refractivity (Wildman–Crippen MR) is 59.5 cm³/mol. The monoisotopic (exact) mass is 195 g/mol. The Hall–Kier alpha value is -2.14. The minimum Gasteiger partial charge on any atom is -0.291 e. The van der Waals surface area contributed by atoms with Crippen molar-refractivity contribution in [1.82, 2.24) is 4.98 Å². The van der Waals surface area contributed by atoms with Gasteiger partial charge in [0.25, 0.3) is 0 Å². The number of benzene rings is 1. The molecule has 1 aromatic carbocycles. The van der Waals surface area contributed by atoms with Crippen LogP contribution in [0.3, 0.4) is 0 Å². The van der Waals surface area contributed by atoms with E-state index >= 15 is 0 Å². The Labute approximate surface area is 88.0 Å². The number of aromatic nitrogens is 1. The first-order valence-corrected chi connectivity index (χ1v) is 4.64. The van der Waals surface area contributed by atoms with Crippen molar-refractivity contribution in [3.8, 4) is 12.3 Å². The molecule has 72 valence electrons. The molecule has 0 aliphatic carbocycles. The molecular formula is C13H9NO. The summed E-state index contributed by atoms with van der Waals surface area (Å²) in [4.78, 5) is 15.7. The largest absolute Gasteiger partial charge is 0.291 e. The summed E-state index contributed by atoms with van der Waals surface area (Å²) >= 11 is 0. The summed E-state index contributed by atoms with van der Waals surface area (Å²) in [6, 6.07) is 11.3. The summed E-state index contributed by atoms with van der Waals surface area (Å²) in [5, 5.41) is 1.02. The number of hydrogen-bond acceptors (Lipinski definition) is 2. The summed E-state index contributed by atoms with van der Waals surface area (Å²) in [7, 11) is 0. The van der Waals surface area contributed by atoms with E-state index in [9.17, 15) is 4.79 Å². The number of fused-ring (bicyclic) bond motifs is 1. The van der Waals surface area contributed by atoms with Crippen molar-refractivity contribution < 1.29 is 4.79 Å². The smallest absolute Gasteiger partial charge is 0.193 e. The Morgan fingerprint density at radius 1 is 1.27 bits per heavy atom. The molecule has 0 bridgehead atoms. The van der Waals surface area contributed by atoms with Gasteiger partial charge in [-0.15, -0.1) is 6.42 Å². The molecule has 0 fully saturated rings. The fourth-order valence-corrected chi connectivity index (χ4v) is 1.40. The van der Waals surface area contributed by atoms with Gasteiger partial charge in [-0.05, 0) is 12.1 Å². The van der Waals surface area contributed by atoms with Crippen LogP contribution in [0.1, 0.15) is 16.9 Å². The van der Waals surface area contributed by atoms with Crippen LogP contribution in [0.15, 0.2) is 36.4 Å². The highest BCUT2D eigenvalue weighted by molar-refractivity contribution is 5.97. The van der Waals surface area contributed by atoms with E-state index in [-0.39, 0.29) is 12.2 Å². The zero-order chi connectivity index (χ0) is 10.7. The molecule has 1 heterocycles. The highest BCUT2D eigenvalue weighted by atomic mass is 16.1. The number of para-hydroxylation sites is 1. The second-order valence-electron chi connectivity index (χ2n) is 3.19. The molecule has 0 radical (unpaired) electrons. The van der Waals surface area contributed by atoms with E-state index in [1.54, 1.807) is 6.07 Å². The maximum atomic E-state index is 11.5. The molecule has 0 unspecified atom stereocenters. The van der Waals surface area contributed by atoms with E-state index in [4.69, 9.17) is 6.42 Å². The first-order valence-electron chi connectivity index (χ1n) is 4.64. The van der Waals surface area contributed by atoms with Crippen molar-refractivity contribution in [3.05, 3.63) is 42.1 Å². The van der Waals surface area contributed by atoms with Crippen LogP contribution in [-0.2, 0) is 0 Å². The van der Waals surface area contributed by atoms with Crippen LogP contribution in [0.5, 0.6) is 0 Å². The van der Waals surface area contributed by atoms with Gasteiger partial charge in [-0.3, -0.25) is 4.79 Å². The first-order chi connectivity index (χ1) is 7.31. The molecule has 0 amide bonds. The van der Waals surface area contributed by atoms with Crippen LogP contribution in [0.25, 0.3) is 10.9 Å². The zero-order valence-electron chi connectivity index (χ0n) is 8.10. The van der Waals surface area contributed by atoms with Crippen LogP contribution < -0.4 is 0 Å². The Bertz CT molecular complexity index is 552. The summed E-state index contributed by atoms with van der Waals surface area (Å²) in [5.41, 5.74) is 1.26. The van der Waals surface area contributed by atoms with E-state index in [0.29, 0.717) is 5.69 Å². The van der Waals surface area contributed by atoms with Crippen molar-refractivity contribution in [1.29, 1.82) is 0 Å². The number of terminal acetylenes is 1. The van der Waals surface area contributed by atoms with Crippen LogP contribution in [0, 0.1) is 12.3 Å². The minimum absolute atomic E-state index is 0.103. The quantitative estimate of drug-likeness (QED) is 0.544. The summed E-state index contributed by atoms with van der Waals surface area (Å²) in [6.07, 6.45) is 5.18. The van der Waals surface area contributed by atoms with Crippen LogP contribution in [0.2, 0.25) is 0 Å². The number of ketones is 1. The molecule has 0 aliphatic heterocycles. The summed E-state index contributed by atoms with van der Waals surface area (Å²) in [5.74, 6) is 2.22. The Balaban J connectivity index is 2.48. The molecule has 15 heavy (non-hydrogen) atoms. The fourth-order valence-electron chi connectivity index (χ4n) is 1.40. The van der Waals surface area contributed by atoms with Gasteiger partial charge >= 0.3 is 0 Å². The number of Topliss-reactive ketones (excluding diaryl/α,β-unsaturated/α-hetero) is 1. The third kappa shape index (κ3) is 1.87. The van der Waals surface area contributed by atoms with Gasteiger partial charge in [0.1, 0.15) is 5.69 Å². The molecule has 1 aromatic heterocycles. The van der Waals surface area contributed by atoms with Crippen molar-refractivity contribution in [2.24, 2.45) is 0 Å². The number of pyridine rings is 1. The highest BCUT2D eigenvalue weighted by Crippen LogP contribution is 2.12. The minimum atomic E-state index is -0.108. The van der Waals surface area contributed by atoms with Gasteiger partial charge in [-0.25, -0.2) is 4.98 Å². The molecule has 2 rings (SSSR count). The molecule has 0 saturated carbocycles. The standard InChI is InChI=1S/C13H9NO/c1-2-5-13(15)12-9-8-10-6-3-4-7-11(10)14-12/h1,3-4,6-9H,5H2. The van der Waals surface area contributed by atoms with E-state index in [2.05, 4.69) is 10.9 Å². The molecule has 0 saturated heterocycles. The lowest BCUT2D eigenvalue weighted by atomic mass is 10.1. The van der Waals surface area contributed by atoms with E-state index in [1.165, 1.54) is 0 Å². The lowest BCUT2D eigenvalue weighted by molar-refractivity contribution is 0.0994. The molecule has 0 spiro atoms. The number of rotatable bonds is 2. The fraction of sp³-hybridized carbons (Fsp3) is 0.0769. The summed E-state index contributed by atoms with van der Waals surface area (Å²) < 4.78 is 0. The molecule has 2 aromatic rings. The van der Waals surface area contributed by atoms with Crippen molar-refractivity contribution in [2.45, 2.75) is 6.42 Å². The molecule has 0 aliphatic rings. The summed E-state index contributed by atoms with van der Waals surface area (Å²) in [6.45, 7) is 0. The van der Waals surface area contributed by atoms with Crippen LogP contribution >= 0.6 is 0 Å². The molecule has 2 heteroatoms. The van der Waals surface area contributed by atoms with Gasteiger partial charge < -0.3 is 0 Å². The lowest BCUT2D eigenvalue weighted by Crippen LogP contribution is -2.00. The van der Waals surface area contributed by atoms with Gasteiger partial charge in [-0.2, -0.15) is 0 Å². The Morgan fingerprint density at radius 3 is 2.87 bits per heavy atom. The molecule has 0 atom stereocenters. The van der Waals surface area contributed by atoms with E-state index in [0.717, 1.165) is 10.9 Å². The number of nitrogens with zero attached hydrogens (tertiary/aromatic N) is 1. The van der Waals surface area contributed by atoms with Crippen LogP contribution in [-0.4, -0.2) is 10.8 Å². The van der Waals surface area contributed by atoms with E-state index in [1.807, 2.05) is 30.3 Å². The Morgan fingerprint density at radius 2 is 2.07 bits per heavy atom. The Kier molecular flexibility index (Phi) is 2.47. The number of hydrogen-bond donors (Lipinski definition) is 0. The van der Waals surface area contributed by atoms with Crippen molar-refractivity contribution in [2.75, 3.05) is 0 Å². The van der Waals surface area contributed by atoms with Gasteiger partial charge in [0.2, 0.25) is 0 Å². The maximum Gasteiger partial charge on any atom is 0.193 e. The van der Waals surface area contributed by atoms with E-state index < -0.39 is 0 Å². The van der Waals surface area contributed by atoms with Crippen LogP contribution in [0.4, 0.5) is 0 Å². The third-order valence-electron chi connectivity index (χ3n) is 2.15. The molecule has 0 N–H and O–H groups in total. The first kappa shape index (κ1) is 9.42. The average Bonchev–Trinajstić information content (AvgIpc) is 2.29. The highest BCUT2D eigenvalue weighted by Gasteiger charge is 2.05. The maximum absolute atomic E-state index is 11.5. The predicted octanol–water partition coefficient (Wildman–Crippen LogP) is 2.44. The number of carbonyl (C=O) groups excluding carboxylic acids is 1. The molecule has 2 nitrogen and oxygen atoms in total. The zero-order valence-corrected chi connectivity index (χ0v) is 8.10. The second-order valence-corrected chi connectivity index (χ2v) is 3.19. The van der Waals surface area contributed by atoms with Crippen molar-refractivity contribution >= 4 is 16.7 Å². The topological polar surface area (TPSA) is 30.0 Å². The van der Waals surface area contributed by atoms with Gasteiger partial charge in [-0.1, -0.05) is 30.2 Å². The SMILES string of the molecule is C#CCC(=O)c1ccc2ccccc2n1. The van der Waals surface area contributed by atoms with Gasteiger partial charge in [0.05, 0.1) is 11.9 Å². The lowest BCUT2D eigenvalue weighted by Gasteiger charge is -1.99. The second kappa shape index (κ2) is 3.93. The third-order valence-corrected chi connectivity index (χ3v) is 2.15. The normalized spacial score (nSPS) is 9.80. The molecular weight excluding hydrogens is 186 g/mol. The van der Waals surface area contributed by atoms with Crippen molar-refractivity contribution in [3.63, 3.8) is 0 Å². The average molecular weight is 195 g/mol. The number of carbonyl (C=O) groups is 1.